The Kier molecular flexibility index (Phi) is 6.10. The van der Waals surface area contributed by atoms with Crippen molar-refractivity contribution in [3.8, 4) is 5.75 Å². The highest BCUT2D eigenvalue weighted by molar-refractivity contribution is 5.45. The van der Waals surface area contributed by atoms with Crippen LogP contribution in [0.1, 0.15) is 18.9 Å². The summed E-state index contributed by atoms with van der Waals surface area (Å²) in [5, 5.41) is 0. The van der Waals surface area contributed by atoms with Gasteiger partial charge in [0.1, 0.15) is 5.75 Å². The lowest BCUT2D eigenvalue weighted by molar-refractivity contribution is 0.311. The highest BCUT2D eigenvalue weighted by atomic mass is 16.5. The van der Waals surface area contributed by atoms with Crippen LogP contribution in [0.15, 0.2) is 54.6 Å². The molecule has 0 aliphatic heterocycles. The number of hydrogen-bond acceptors (Lipinski definition) is 3. The van der Waals surface area contributed by atoms with Gasteiger partial charge in [-0.05, 0) is 43.2 Å². The van der Waals surface area contributed by atoms with E-state index in [1.165, 1.54) is 5.69 Å². The third kappa shape index (κ3) is 4.80. The predicted octanol–water partition coefficient (Wildman–Crippen LogP) is 3.44. The largest absolute Gasteiger partial charge is 0.494 e. The Labute approximate surface area is 127 Å². The average Bonchev–Trinajstić information content (AvgIpc) is 2.56. The Bertz CT molecular complexity index is 528. The number of hydrogen-bond donors (Lipinski definition) is 1. The average molecular weight is 284 g/mol. The molecule has 0 saturated heterocycles. The molecule has 2 aromatic rings. The van der Waals surface area contributed by atoms with E-state index in [9.17, 15) is 0 Å². The molecule has 0 aliphatic carbocycles. The van der Waals surface area contributed by atoms with E-state index in [1.807, 2.05) is 30.3 Å². The molecular weight excluding hydrogens is 260 g/mol. The van der Waals surface area contributed by atoms with Crippen LogP contribution >= 0.6 is 0 Å². The van der Waals surface area contributed by atoms with Crippen LogP contribution in [-0.4, -0.2) is 19.7 Å². The molecule has 0 saturated carbocycles. The highest BCUT2D eigenvalue weighted by Gasteiger charge is 2.03. The summed E-state index contributed by atoms with van der Waals surface area (Å²) < 4.78 is 5.80. The van der Waals surface area contributed by atoms with Gasteiger partial charge in [-0.2, -0.15) is 0 Å². The smallest absolute Gasteiger partial charge is 0.119 e. The second-order valence-corrected chi connectivity index (χ2v) is 4.97. The lowest BCUT2D eigenvalue weighted by Crippen LogP contribution is -2.25. The molecule has 0 atom stereocenters. The van der Waals surface area contributed by atoms with Crippen molar-refractivity contribution >= 4 is 5.69 Å². The monoisotopic (exact) mass is 284 g/mol. The Hall–Kier alpha value is -2.00. The number of para-hydroxylation sites is 1. The highest BCUT2D eigenvalue weighted by Crippen LogP contribution is 2.15. The molecule has 21 heavy (non-hydrogen) atoms. The minimum Gasteiger partial charge on any atom is -0.494 e. The third-order valence-corrected chi connectivity index (χ3v) is 3.48. The first-order valence-electron chi connectivity index (χ1n) is 7.55. The summed E-state index contributed by atoms with van der Waals surface area (Å²) in [6.45, 7) is 5.45. The summed E-state index contributed by atoms with van der Waals surface area (Å²) in [5.41, 5.74) is 8.01. The molecule has 3 nitrogen and oxygen atoms in total. The summed E-state index contributed by atoms with van der Waals surface area (Å²) in [6.07, 6.45) is 0.996. The zero-order valence-electron chi connectivity index (χ0n) is 12.7. The summed E-state index contributed by atoms with van der Waals surface area (Å²) in [5.74, 6) is 0.903. The molecule has 2 rings (SSSR count). The molecule has 0 radical (unpaired) electrons. The van der Waals surface area contributed by atoms with Crippen molar-refractivity contribution in [1.29, 1.82) is 0 Å². The minimum absolute atomic E-state index is 0.550. The van der Waals surface area contributed by atoms with Crippen LogP contribution in [0.5, 0.6) is 5.75 Å². The fourth-order valence-electron chi connectivity index (χ4n) is 2.32. The molecule has 0 heterocycles. The quantitative estimate of drug-likeness (QED) is 0.755. The molecule has 0 unspecified atom stereocenters. The summed E-state index contributed by atoms with van der Waals surface area (Å²) in [6, 6.07) is 18.5. The maximum atomic E-state index is 5.80. The maximum absolute atomic E-state index is 5.80. The van der Waals surface area contributed by atoms with Gasteiger partial charge in [-0.15, -0.1) is 0 Å². The summed E-state index contributed by atoms with van der Waals surface area (Å²) in [4.78, 5) is 2.36. The van der Waals surface area contributed by atoms with Crippen molar-refractivity contribution in [2.45, 2.75) is 19.9 Å². The van der Waals surface area contributed by atoms with Gasteiger partial charge >= 0.3 is 0 Å². The zero-order chi connectivity index (χ0) is 14.9. The Balaban J connectivity index is 1.78. The molecule has 0 aliphatic rings. The summed E-state index contributed by atoms with van der Waals surface area (Å²) in [7, 11) is 0. The second-order valence-electron chi connectivity index (χ2n) is 4.97. The van der Waals surface area contributed by atoms with E-state index in [0.717, 1.165) is 37.4 Å². The fraction of sp³-hybridized carbons (Fsp3) is 0.333. The first-order chi connectivity index (χ1) is 10.3. The van der Waals surface area contributed by atoms with Crippen molar-refractivity contribution in [2.75, 3.05) is 24.6 Å². The number of nitrogens with zero attached hydrogens (tertiary/aromatic N) is 1. The minimum atomic E-state index is 0.550. The molecule has 112 valence electrons. The standard InChI is InChI=1S/C18H24N2O/c1-2-20(17-9-4-3-5-10-17)12-7-13-21-18-11-6-8-16(14-18)15-19/h3-6,8-11,14H,2,7,12-13,15,19H2,1H3. The van der Waals surface area contributed by atoms with Gasteiger partial charge in [0.2, 0.25) is 0 Å². The molecule has 0 spiro atoms. The van der Waals surface area contributed by atoms with Crippen LogP contribution in [0.4, 0.5) is 5.69 Å². The van der Waals surface area contributed by atoms with E-state index in [1.54, 1.807) is 0 Å². The van der Waals surface area contributed by atoms with Gasteiger partial charge in [-0.1, -0.05) is 30.3 Å². The van der Waals surface area contributed by atoms with Crippen LogP contribution in [0, 0.1) is 0 Å². The van der Waals surface area contributed by atoms with Crippen LogP contribution in [-0.2, 0) is 6.54 Å². The SMILES string of the molecule is CCN(CCCOc1cccc(CN)c1)c1ccccc1. The van der Waals surface area contributed by atoms with Crippen molar-refractivity contribution in [3.63, 3.8) is 0 Å². The molecule has 0 bridgehead atoms. The first-order valence-corrected chi connectivity index (χ1v) is 7.55. The van der Waals surface area contributed by atoms with Crippen molar-refractivity contribution in [3.05, 3.63) is 60.2 Å². The van der Waals surface area contributed by atoms with Crippen molar-refractivity contribution < 1.29 is 4.74 Å². The summed E-state index contributed by atoms with van der Waals surface area (Å²) >= 11 is 0. The van der Waals surface area contributed by atoms with E-state index >= 15 is 0 Å². The maximum Gasteiger partial charge on any atom is 0.119 e. The van der Waals surface area contributed by atoms with Crippen LogP contribution in [0.3, 0.4) is 0 Å². The van der Waals surface area contributed by atoms with Gasteiger partial charge < -0.3 is 15.4 Å². The molecule has 2 N–H and O–H groups in total. The van der Waals surface area contributed by atoms with Gasteiger partial charge in [-0.3, -0.25) is 0 Å². The van der Waals surface area contributed by atoms with Crippen LogP contribution in [0.2, 0.25) is 0 Å². The van der Waals surface area contributed by atoms with E-state index in [0.29, 0.717) is 6.54 Å². The van der Waals surface area contributed by atoms with Crippen molar-refractivity contribution in [1.82, 2.24) is 0 Å². The number of ether oxygens (including phenoxy) is 1. The Morgan fingerprint density at radius 1 is 1.05 bits per heavy atom. The number of nitrogens with two attached hydrogens (primary N) is 1. The molecule has 0 aromatic heterocycles. The van der Waals surface area contributed by atoms with Crippen LogP contribution in [0.25, 0.3) is 0 Å². The molecule has 0 fully saturated rings. The van der Waals surface area contributed by atoms with Gasteiger partial charge in [0.05, 0.1) is 6.61 Å². The third-order valence-electron chi connectivity index (χ3n) is 3.48. The fourth-order valence-corrected chi connectivity index (χ4v) is 2.32. The zero-order valence-corrected chi connectivity index (χ0v) is 12.7. The molecular formula is C18H24N2O. The van der Waals surface area contributed by atoms with E-state index in [2.05, 4.69) is 36.1 Å². The lowest BCUT2D eigenvalue weighted by Gasteiger charge is -2.23. The van der Waals surface area contributed by atoms with Gasteiger partial charge in [-0.25, -0.2) is 0 Å². The number of anilines is 1. The van der Waals surface area contributed by atoms with E-state index in [-0.39, 0.29) is 0 Å². The van der Waals surface area contributed by atoms with Gasteiger partial charge in [0.15, 0.2) is 0 Å². The van der Waals surface area contributed by atoms with Gasteiger partial charge in [0.25, 0.3) is 0 Å². The van der Waals surface area contributed by atoms with Crippen LogP contribution < -0.4 is 15.4 Å². The number of rotatable bonds is 8. The molecule has 2 aromatic carbocycles. The van der Waals surface area contributed by atoms with E-state index in [4.69, 9.17) is 10.5 Å². The van der Waals surface area contributed by atoms with Gasteiger partial charge in [0, 0.05) is 25.3 Å². The molecule has 3 heteroatoms. The van der Waals surface area contributed by atoms with E-state index < -0.39 is 0 Å². The topological polar surface area (TPSA) is 38.5 Å². The Morgan fingerprint density at radius 3 is 2.57 bits per heavy atom. The lowest BCUT2D eigenvalue weighted by atomic mass is 10.2. The normalized spacial score (nSPS) is 10.4. The molecule has 0 amide bonds. The van der Waals surface area contributed by atoms with Crippen molar-refractivity contribution in [2.24, 2.45) is 5.73 Å². The predicted molar refractivity (Wildman–Crippen MR) is 88.8 cm³/mol. The number of benzene rings is 2. The second kappa shape index (κ2) is 8.32. The Morgan fingerprint density at radius 2 is 1.86 bits per heavy atom. The first kappa shape index (κ1) is 15.4.